The normalized spacial score (nSPS) is 23.2. The third-order valence-electron chi connectivity index (χ3n) is 3.86. The third-order valence-corrected chi connectivity index (χ3v) is 3.86. The topological polar surface area (TPSA) is 21.3 Å². The highest BCUT2D eigenvalue weighted by Crippen LogP contribution is 2.45. The molecule has 0 spiro atoms. The van der Waals surface area contributed by atoms with Crippen LogP contribution in [-0.2, 0) is 0 Å². The molecule has 94 valence electrons. The van der Waals surface area contributed by atoms with Crippen molar-refractivity contribution in [1.82, 2.24) is 5.32 Å². The standard InChI is InChI=1S/C15H23NO/c1-4-16-10-12-6-7-13(12)14-9-11(2)5-8-15(14)17-3/h5,8-9,12-13,16H,4,6-7,10H2,1-3H3. The van der Waals surface area contributed by atoms with Crippen molar-refractivity contribution in [3.63, 3.8) is 0 Å². The molecule has 2 rings (SSSR count). The maximum absolute atomic E-state index is 5.49. The van der Waals surface area contributed by atoms with Gasteiger partial charge in [-0.05, 0) is 56.3 Å². The first-order valence-corrected chi connectivity index (χ1v) is 6.61. The van der Waals surface area contributed by atoms with E-state index >= 15 is 0 Å². The van der Waals surface area contributed by atoms with Crippen LogP contribution < -0.4 is 10.1 Å². The molecule has 17 heavy (non-hydrogen) atoms. The number of methoxy groups -OCH3 is 1. The number of nitrogens with one attached hydrogen (secondary N) is 1. The van der Waals surface area contributed by atoms with Crippen LogP contribution in [0.15, 0.2) is 18.2 Å². The molecular formula is C15H23NO. The molecule has 2 nitrogen and oxygen atoms in total. The van der Waals surface area contributed by atoms with Crippen LogP contribution in [0.5, 0.6) is 5.75 Å². The van der Waals surface area contributed by atoms with Gasteiger partial charge in [0.1, 0.15) is 5.75 Å². The number of benzene rings is 1. The van der Waals surface area contributed by atoms with Crippen molar-refractivity contribution >= 4 is 0 Å². The molecule has 0 bridgehead atoms. The zero-order valence-corrected chi connectivity index (χ0v) is 11.1. The first-order chi connectivity index (χ1) is 8.26. The molecule has 1 aromatic carbocycles. The van der Waals surface area contributed by atoms with Crippen LogP contribution in [0.1, 0.15) is 36.8 Å². The lowest BCUT2D eigenvalue weighted by atomic mass is 9.69. The van der Waals surface area contributed by atoms with Gasteiger partial charge in [0.15, 0.2) is 0 Å². The predicted octanol–water partition coefficient (Wildman–Crippen LogP) is 3.11. The highest BCUT2D eigenvalue weighted by Gasteiger charge is 2.33. The van der Waals surface area contributed by atoms with Crippen molar-refractivity contribution in [2.45, 2.75) is 32.6 Å². The molecule has 2 heteroatoms. The minimum Gasteiger partial charge on any atom is -0.496 e. The second-order valence-corrected chi connectivity index (χ2v) is 5.00. The predicted molar refractivity (Wildman–Crippen MR) is 71.7 cm³/mol. The first kappa shape index (κ1) is 12.4. The van der Waals surface area contributed by atoms with Gasteiger partial charge in [-0.2, -0.15) is 0 Å². The van der Waals surface area contributed by atoms with Gasteiger partial charge < -0.3 is 10.1 Å². The molecule has 0 radical (unpaired) electrons. The van der Waals surface area contributed by atoms with E-state index in [2.05, 4.69) is 37.4 Å². The monoisotopic (exact) mass is 233 g/mol. The summed E-state index contributed by atoms with van der Waals surface area (Å²) in [6.07, 6.45) is 2.64. The second-order valence-electron chi connectivity index (χ2n) is 5.00. The summed E-state index contributed by atoms with van der Waals surface area (Å²) in [5.41, 5.74) is 2.73. The van der Waals surface area contributed by atoms with E-state index < -0.39 is 0 Å². The average molecular weight is 233 g/mol. The van der Waals surface area contributed by atoms with E-state index in [4.69, 9.17) is 4.74 Å². The SMILES string of the molecule is CCNCC1CCC1c1cc(C)ccc1OC. The molecular weight excluding hydrogens is 210 g/mol. The fourth-order valence-corrected chi connectivity index (χ4v) is 2.70. The lowest BCUT2D eigenvalue weighted by Crippen LogP contribution is -2.34. The minimum absolute atomic E-state index is 0.684. The summed E-state index contributed by atoms with van der Waals surface area (Å²) in [7, 11) is 1.77. The van der Waals surface area contributed by atoms with E-state index in [1.54, 1.807) is 7.11 Å². The first-order valence-electron chi connectivity index (χ1n) is 6.61. The molecule has 1 aromatic rings. The summed E-state index contributed by atoms with van der Waals surface area (Å²) >= 11 is 0. The molecule has 1 fully saturated rings. The highest BCUT2D eigenvalue weighted by molar-refractivity contribution is 5.40. The summed E-state index contributed by atoms with van der Waals surface area (Å²) in [5.74, 6) is 2.52. The van der Waals surface area contributed by atoms with E-state index in [0.29, 0.717) is 5.92 Å². The van der Waals surface area contributed by atoms with Gasteiger partial charge in [0.2, 0.25) is 0 Å². The van der Waals surface area contributed by atoms with E-state index in [9.17, 15) is 0 Å². The van der Waals surface area contributed by atoms with E-state index in [1.807, 2.05) is 0 Å². The lowest BCUT2D eigenvalue weighted by Gasteiger charge is -2.38. The Balaban J connectivity index is 2.13. The maximum atomic E-state index is 5.49. The number of ether oxygens (including phenoxy) is 1. The Bertz CT molecular complexity index is 375. The Morgan fingerprint density at radius 1 is 1.35 bits per heavy atom. The zero-order valence-electron chi connectivity index (χ0n) is 11.1. The molecule has 2 atom stereocenters. The smallest absolute Gasteiger partial charge is 0.122 e. The molecule has 0 aliphatic heterocycles. The number of hydrogen-bond donors (Lipinski definition) is 1. The molecule has 0 aromatic heterocycles. The number of aryl methyl sites for hydroxylation is 1. The molecule has 1 aliphatic rings. The van der Waals surface area contributed by atoms with Gasteiger partial charge in [-0.1, -0.05) is 24.6 Å². The Morgan fingerprint density at radius 3 is 2.76 bits per heavy atom. The molecule has 0 heterocycles. The Morgan fingerprint density at radius 2 is 2.18 bits per heavy atom. The van der Waals surface area contributed by atoms with Crippen LogP contribution in [0.2, 0.25) is 0 Å². The van der Waals surface area contributed by atoms with Crippen molar-refractivity contribution in [3.8, 4) is 5.75 Å². The third kappa shape index (κ3) is 2.63. The lowest BCUT2D eigenvalue weighted by molar-refractivity contribution is 0.241. The van der Waals surface area contributed by atoms with Gasteiger partial charge in [0.05, 0.1) is 7.11 Å². The van der Waals surface area contributed by atoms with E-state index in [0.717, 1.165) is 24.8 Å². The fraction of sp³-hybridized carbons (Fsp3) is 0.600. The van der Waals surface area contributed by atoms with Crippen LogP contribution in [0.25, 0.3) is 0 Å². The molecule has 0 saturated heterocycles. The summed E-state index contributed by atoms with van der Waals surface area (Å²) < 4.78 is 5.49. The van der Waals surface area contributed by atoms with Crippen LogP contribution in [0, 0.1) is 12.8 Å². The highest BCUT2D eigenvalue weighted by atomic mass is 16.5. The molecule has 2 unspecified atom stereocenters. The number of hydrogen-bond acceptors (Lipinski definition) is 2. The Kier molecular flexibility index (Phi) is 4.06. The summed E-state index contributed by atoms with van der Waals surface area (Å²) in [6, 6.07) is 6.52. The molecule has 0 amide bonds. The van der Waals surface area contributed by atoms with E-state index in [-0.39, 0.29) is 0 Å². The number of rotatable bonds is 5. The fourth-order valence-electron chi connectivity index (χ4n) is 2.70. The van der Waals surface area contributed by atoms with Crippen molar-refractivity contribution in [1.29, 1.82) is 0 Å². The van der Waals surface area contributed by atoms with Gasteiger partial charge >= 0.3 is 0 Å². The average Bonchev–Trinajstić information content (AvgIpc) is 2.28. The van der Waals surface area contributed by atoms with Crippen molar-refractivity contribution in [3.05, 3.63) is 29.3 Å². The largest absolute Gasteiger partial charge is 0.496 e. The minimum atomic E-state index is 0.684. The van der Waals surface area contributed by atoms with Crippen molar-refractivity contribution < 1.29 is 4.74 Å². The Labute approximate surface area is 104 Å². The van der Waals surface area contributed by atoms with Gasteiger partial charge in [0.25, 0.3) is 0 Å². The van der Waals surface area contributed by atoms with Gasteiger partial charge in [-0.25, -0.2) is 0 Å². The van der Waals surface area contributed by atoms with Crippen molar-refractivity contribution in [2.75, 3.05) is 20.2 Å². The summed E-state index contributed by atoms with van der Waals surface area (Å²) in [6.45, 7) is 6.52. The van der Waals surface area contributed by atoms with Crippen LogP contribution in [-0.4, -0.2) is 20.2 Å². The van der Waals surface area contributed by atoms with Gasteiger partial charge in [0, 0.05) is 0 Å². The maximum Gasteiger partial charge on any atom is 0.122 e. The van der Waals surface area contributed by atoms with Crippen LogP contribution >= 0.6 is 0 Å². The zero-order chi connectivity index (χ0) is 12.3. The molecule has 1 aliphatic carbocycles. The van der Waals surface area contributed by atoms with Gasteiger partial charge in [-0.3, -0.25) is 0 Å². The summed E-state index contributed by atoms with van der Waals surface area (Å²) in [4.78, 5) is 0. The van der Waals surface area contributed by atoms with Gasteiger partial charge in [-0.15, -0.1) is 0 Å². The molecule has 1 N–H and O–H groups in total. The summed E-state index contributed by atoms with van der Waals surface area (Å²) in [5, 5.41) is 3.46. The Hall–Kier alpha value is -1.02. The van der Waals surface area contributed by atoms with E-state index in [1.165, 1.54) is 24.0 Å². The van der Waals surface area contributed by atoms with Crippen LogP contribution in [0.4, 0.5) is 0 Å². The van der Waals surface area contributed by atoms with Crippen molar-refractivity contribution in [2.24, 2.45) is 5.92 Å². The molecule has 1 saturated carbocycles. The van der Waals surface area contributed by atoms with Crippen LogP contribution in [0.3, 0.4) is 0 Å². The second kappa shape index (κ2) is 5.54. The quantitative estimate of drug-likeness (QED) is 0.843.